The molecule has 1 aliphatic rings. The topological polar surface area (TPSA) is 0 Å². The van der Waals surface area contributed by atoms with Crippen LogP contribution in [0.25, 0.3) is 0 Å². The van der Waals surface area contributed by atoms with Crippen molar-refractivity contribution in [2.75, 3.05) is 0 Å². The SMILES string of the molecule is CC1CCc2ccccc21.CCCc1ccccc1Cl. The van der Waals surface area contributed by atoms with Crippen molar-refractivity contribution in [3.63, 3.8) is 0 Å². The molecule has 0 N–H and O–H groups in total. The second-order valence-corrected chi connectivity index (χ2v) is 5.89. The van der Waals surface area contributed by atoms with Crippen LogP contribution >= 0.6 is 11.6 Å². The first-order chi connectivity index (χ1) is 9.72. The normalized spacial score (nSPS) is 16.2. The highest BCUT2D eigenvalue weighted by atomic mass is 35.5. The number of hydrogen-bond donors (Lipinski definition) is 0. The van der Waals surface area contributed by atoms with Crippen LogP contribution in [0.15, 0.2) is 48.5 Å². The van der Waals surface area contributed by atoms with Crippen LogP contribution < -0.4 is 0 Å². The molecule has 0 nitrogen and oxygen atoms in total. The maximum atomic E-state index is 5.90. The van der Waals surface area contributed by atoms with E-state index in [1.54, 1.807) is 11.1 Å². The van der Waals surface area contributed by atoms with Crippen LogP contribution in [-0.2, 0) is 12.8 Å². The van der Waals surface area contributed by atoms with Gasteiger partial charge in [-0.15, -0.1) is 0 Å². The molecule has 0 spiro atoms. The first-order valence-corrected chi connectivity index (χ1v) is 7.91. The van der Waals surface area contributed by atoms with Crippen LogP contribution in [0.3, 0.4) is 0 Å². The number of benzene rings is 2. The van der Waals surface area contributed by atoms with Crippen LogP contribution in [-0.4, -0.2) is 0 Å². The summed E-state index contributed by atoms with van der Waals surface area (Å²) >= 11 is 5.90. The van der Waals surface area contributed by atoms with E-state index in [2.05, 4.69) is 44.2 Å². The lowest BCUT2D eigenvalue weighted by Crippen LogP contribution is -1.83. The van der Waals surface area contributed by atoms with Crippen LogP contribution in [0.1, 0.15) is 49.3 Å². The summed E-state index contributed by atoms with van der Waals surface area (Å²) in [6, 6.07) is 16.8. The lowest BCUT2D eigenvalue weighted by Gasteiger charge is -2.01. The molecule has 3 rings (SSSR count). The summed E-state index contributed by atoms with van der Waals surface area (Å²) < 4.78 is 0. The molecule has 20 heavy (non-hydrogen) atoms. The van der Waals surface area contributed by atoms with Gasteiger partial charge in [0.1, 0.15) is 0 Å². The minimum Gasteiger partial charge on any atom is -0.0840 e. The molecule has 2 aromatic rings. The van der Waals surface area contributed by atoms with Gasteiger partial charge in [0.05, 0.1) is 0 Å². The number of fused-ring (bicyclic) bond motifs is 1. The fourth-order valence-corrected chi connectivity index (χ4v) is 2.97. The number of rotatable bonds is 2. The number of halogens is 1. The molecule has 0 radical (unpaired) electrons. The Balaban J connectivity index is 0.000000147. The van der Waals surface area contributed by atoms with Gasteiger partial charge >= 0.3 is 0 Å². The Kier molecular flexibility index (Phi) is 5.67. The van der Waals surface area contributed by atoms with Crippen LogP contribution in [0.4, 0.5) is 0 Å². The predicted molar refractivity (Wildman–Crippen MR) is 88.6 cm³/mol. The average Bonchev–Trinajstić information content (AvgIpc) is 2.85. The smallest absolute Gasteiger partial charge is 0.0437 e. The van der Waals surface area contributed by atoms with E-state index in [1.165, 1.54) is 18.4 Å². The van der Waals surface area contributed by atoms with Gasteiger partial charge in [0, 0.05) is 5.02 Å². The number of aryl methyl sites for hydroxylation is 2. The van der Waals surface area contributed by atoms with E-state index < -0.39 is 0 Å². The summed E-state index contributed by atoms with van der Waals surface area (Å²) in [5.74, 6) is 0.802. The molecule has 1 aliphatic carbocycles. The zero-order valence-corrected chi connectivity index (χ0v) is 13.2. The van der Waals surface area contributed by atoms with Crippen molar-refractivity contribution in [2.45, 2.75) is 45.4 Å². The highest BCUT2D eigenvalue weighted by Crippen LogP contribution is 2.31. The molecule has 1 heteroatoms. The molecular formula is C19H23Cl. The Morgan fingerprint density at radius 1 is 1.05 bits per heavy atom. The van der Waals surface area contributed by atoms with Gasteiger partial charge in [-0.25, -0.2) is 0 Å². The fraction of sp³-hybridized carbons (Fsp3) is 0.368. The largest absolute Gasteiger partial charge is 0.0840 e. The third-order valence-electron chi connectivity index (χ3n) is 3.91. The molecule has 0 saturated heterocycles. The maximum Gasteiger partial charge on any atom is 0.0437 e. The lowest BCUT2D eigenvalue weighted by molar-refractivity contribution is 0.747. The molecule has 0 aliphatic heterocycles. The standard InChI is InChI=1S/C10H12.C9H11Cl/c1-8-6-7-9-4-2-3-5-10(8)9;1-2-5-8-6-3-4-7-9(8)10/h2-5,8H,6-7H2,1H3;3-4,6-7H,2,5H2,1H3. The van der Waals surface area contributed by atoms with E-state index in [4.69, 9.17) is 11.6 Å². The molecule has 1 unspecified atom stereocenters. The van der Waals surface area contributed by atoms with Gasteiger partial charge in [-0.2, -0.15) is 0 Å². The van der Waals surface area contributed by atoms with Crippen molar-refractivity contribution in [2.24, 2.45) is 0 Å². The zero-order chi connectivity index (χ0) is 14.4. The van der Waals surface area contributed by atoms with E-state index in [0.29, 0.717) is 0 Å². The lowest BCUT2D eigenvalue weighted by atomic mass is 10.0. The van der Waals surface area contributed by atoms with E-state index in [-0.39, 0.29) is 0 Å². The summed E-state index contributed by atoms with van der Waals surface area (Å²) in [5, 5.41) is 0.893. The van der Waals surface area contributed by atoms with Gasteiger partial charge in [0.25, 0.3) is 0 Å². The maximum absolute atomic E-state index is 5.90. The Labute approximate surface area is 127 Å². The Morgan fingerprint density at radius 2 is 1.75 bits per heavy atom. The van der Waals surface area contributed by atoms with Gasteiger partial charge in [0.15, 0.2) is 0 Å². The summed E-state index contributed by atoms with van der Waals surface area (Å²) in [6.45, 7) is 4.47. The molecule has 0 aromatic heterocycles. The van der Waals surface area contributed by atoms with Gasteiger partial charge < -0.3 is 0 Å². The fourth-order valence-electron chi connectivity index (χ4n) is 2.74. The third-order valence-corrected chi connectivity index (χ3v) is 4.28. The number of hydrogen-bond acceptors (Lipinski definition) is 0. The molecule has 0 amide bonds. The zero-order valence-electron chi connectivity index (χ0n) is 12.4. The quantitative estimate of drug-likeness (QED) is 0.632. The van der Waals surface area contributed by atoms with Gasteiger partial charge in [-0.3, -0.25) is 0 Å². The van der Waals surface area contributed by atoms with Crippen molar-refractivity contribution >= 4 is 11.6 Å². The summed E-state index contributed by atoms with van der Waals surface area (Å²) in [4.78, 5) is 0. The minimum absolute atomic E-state index is 0.802. The van der Waals surface area contributed by atoms with Crippen molar-refractivity contribution in [3.8, 4) is 0 Å². The van der Waals surface area contributed by atoms with Crippen molar-refractivity contribution < 1.29 is 0 Å². The van der Waals surface area contributed by atoms with Gasteiger partial charge in [-0.1, -0.05) is 74.3 Å². The minimum atomic E-state index is 0.802. The second kappa shape index (κ2) is 7.50. The van der Waals surface area contributed by atoms with Gasteiger partial charge in [-0.05, 0) is 47.9 Å². The molecule has 106 valence electrons. The predicted octanol–water partition coefficient (Wildman–Crippen LogP) is 6.03. The molecule has 0 heterocycles. The molecular weight excluding hydrogens is 264 g/mol. The van der Waals surface area contributed by atoms with Crippen LogP contribution in [0.2, 0.25) is 5.02 Å². The summed E-state index contributed by atoms with van der Waals surface area (Å²) in [5.41, 5.74) is 4.39. The second-order valence-electron chi connectivity index (χ2n) is 5.48. The third kappa shape index (κ3) is 3.86. The molecule has 2 aromatic carbocycles. The highest BCUT2D eigenvalue weighted by Gasteiger charge is 2.16. The molecule has 0 bridgehead atoms. The van der Waals surface area contributed by atoms with Crippen molar-refractivity contribution in [3.05, 3.63) is 70.2 Å². The molecule has 0 saturated carbocycles. The van der Waals surface area contributed by atoms with E-state index >= 15 is 0 Å². The Hall–Kier alpha value is -1.27. The molecule has 1 atom stereocenters. The van der Waals surface area contributed by atoms with Crippen LogP contribution in [0, 0.1) is 0 Å². The van der Waals surface area contributed by atoms with E-state index in [1.807, 2.05) is 18.2 Å². The van der Waals surface area contributed by atoms with E-state index in [0.717, 1.165) is 23.8 Å². The Bertz CT molecular complexity index is 545. The average molecular weight is 287 g/mol. The van der Waals surface area contributed by atoms with E-state index in [9.17, 15) is 0 Å². The first kappa shape index (κ1) is 15.1. The van der Waals surface area contributed by atoms with Gasteiger partial charge in [0.2, 0.25) is 0 Å². The monoisotopic (exact) mass is 286 g/mol. The molecule has 0 fully saturated rings. The first-order valence-electron chi connectivity index (χ1n) is 7.53. The summed E-state index contributed by atoms with van der Waals surface area (Å²) in [7, 11) is 0. The van der Waals surface area contributed by atoms with Crippen molar-refractivity contribution in [1.82, 2.24) is 0 Å². The highest BCUT2D eigenvalue weighted by molar-refractivity contribution is 6.31. The van der Waals surface area contributed by atoms with Crippen LogP contribution in [0.5, 0.6) is 0 Å². The van der Waals surface area contributed by atoms with Crippen molar-refractivity contribution in [1.29, 1.82) is 0 Å². The summed E-state index contributed by atoms with van der Waals surface area (Å²) in [6.07, 6.45) is 4.88. The Morgan fingerprint density at radius 3 is 2.45 bits per heavy atom.